The fraction of sp³-hybridized carbons (Fsp3) is 0.235. The Kier molecular flexibility index (Phi) is 6.11. The lowest BCUT2D eigenvalue weighted by atomic mass is 9.90. The first-order valence-electron chi connectivity index (χ1n) is 13.4. The van der Waals surface area contributed by atoms with Gasteiger partial charge in [-0.15, -0.1) is 0 Å². The molecule has 2 aliphatic heterocycles. The van der Waals surface area contributed by atoms with Crippen LogP contribution in [0.25, 0.3) is 51.2 Å². The number of carbonyl (C=O) groups is 1. The summed E-state index contributed by atoms with van der Waals surface area (Å²) in [5.41, 5.74) is 5.21. The van der Waals surface area contributed by atoms with Crippen LogP contribution in [0.1, 0.15) is 51.2 Å². The van der Waals surface area contributed by atoms with Crippen molar-refractivity contribution in [1.29, 1.82) is 0 Å². The third-order valence-corrected chi connectivity index (χ3v) is 7.14. The van der Waals surface area contributed by atoms with E-state index in [4.69, 9.17) is 4.74 Å². The van der Waals surface area contributed by atoms with Gasteiger partial charge in [0.05, 0.1) is 11.2 Å². The van der Waals surface area contributed by atoms with Crippen LogP contribution >= 0.6 is 0 Å². The Morgan fingerprint density at radius 3 is 2.58 bits per heavy atom. The molecule has 0 radical (unpaired) electrons. The first kappa shape index (κ1) is 24.2. The van der Waals surface area contributed by atoms with Gasteiger partial charge in [0, 0.05) is 23.3 Å². The molecule has 7 rings (SSSR count). The van der Waals surface area contributed by atoms with Crippen LogP contribution < -0.4 is 10.4 Å². The number of allylic oxidation sites excluding steroid dienone is 1. The van der Waals surface area contributed by atoms with Gasteiger partial charge in [-0.1, -0.05) is 66.8 Å². The molecule has 38 heavy (non-hydrogen) atoms. The van der Waals surface area contributed by atoms with Gasteiger partial charge < -0.3 is 4.74 Å². The average Bonchev–Trinajstić information content (AvgIpc) is 3.30. The Balaban J connectivity index is 0.000000140. The van der Waals surface area contributed by atoms with E-state index in [1.807, 2.05) is 51.1 Å². The number of rotatable bonds is 0. The maximum absolute atomic E-state index is 12.0. The van der Waals surface area contributed by atoms with Crippen LogP contribution in [0.5, 0.6) is 0 Å². The summed E-state index contributed by atoms with van der Waals surface area (Å²) in [5, 5.41) is 6.87. The first-order chi connectivity index (χ1) is 18.4. The molecule has 0 aromatic heterocycles. The molecular formula is C34H32N2O2. The Morgan fingerprint density at radius 2 is 1.71 bits per heavy atom. The molecule has 0 atom stereocenters. The third kappa shape index (κ3) is 4.63. The van der Waals surface area contributed by atoms with Gasteiger partial charge in [-0.25, -0.2) is 9.78 Å². The SMILES string of the molecule is C1=Cc2ccc3c4c(ccc3c2CC1)=CCCC=4.CC(C)(C)OC(=O)n1ccc2c3ccccc3nc-2c1. The number of hydrogen-bond acceptors (Lipinski definition) is 3. The second kappa shape index (κ2) is 9.60. The summed E-state index contributed by atoms with van der Waals surface area (Å²) in [6.07, 6.45) is 17.1. The highest BCUT2D eigenvalue weighted by molar-refractivity contribution is 5.97. The third-order valence-electron chi connectivity index (χ3n) is 7.14. The smallest absolute Gasteiger partial charge is 0.418 e. The van der Waals surface area contributed by atoms with Crippen LogP contribution in [0, 0.1) is 0 Å². The number of aryl methyl sites for hydroxylation is 1. The van der Waals surface area contributed by atoms with Gasteiger partial charge in [-0.05, 0) is 90.9 Å². The van der Waals surface area contributed by atoms with Crippen molar-refractivity contribution in [2.75, 3.05) is 0 Å². The van der Waals surface area contributed by atoms with Gasteiger partial charge in [0.2, 0.25) is 0 Å². The van der Waals surface area contributed by atoms with Crippen molar-refractivity contribution < 1.29 is 9.53 Å². The molecule has 0 unspecified atom stereocenters. The lowest BCUT2D eigenvalue weighted by Gasteiger charge is -2.20. The predicted molar refractivity (Wildman–Crippen MR) is 157 cm³/mol. The zero-order valence-corrected chi connectivity index (χ0v) is 22.2. The molecule has 0 saturated heterocycles. The number of ether oxygens (including phenoxy) is 1. The molecule has 0 bridgehead atoms. The highest BCUT2D eigenvalue weighted by atomic mass is 16.6. The monoisotopic (exact) mass is 500 g/mol. The van der Waals surface area contributed by atoms with Crippen LogP contribution in [-0.2, 0) is 11.2 Å². The van der Waals surface area contributed by atoms with Gasteiger partial charge >= 0.3 is 6.09 Å². The lowest BCUT2D eigenvalue weighted by Crippen LogP contribution is -2.27. The Bertz CT molecular complexity index is 1800. The van der Waals surface area contributed by atoms with Crippen LogP contribution in [-0.4, -0.2) is 21.2 Å². The molecule has 0 saturated carbocycles. The van der Waals surface area contributed by atoms with Gasteiger partial charge in [0.1, 0.15) is 5.60 Å². The largest absolute Gasteiger partial charge is 0.443 e. The molecule has 2 aliphatic carbocycles. The maximum atomic E-state index is 12.0. The average molecular weight is 501 g/mol. The summed E-state index contributed by atoms with van der Waals surface area (Å²) in [7, 11) is 0. The van der Waals surface area contributed by atoms with Gasteiger partial charge in [0.25, 0.3) is 0 Å². The van der Waals surface area contributed by atoms with Gasteiger partial charge in [-0.2, -0.15) is 0 Å². The molecular weight excluding hydrogens is 468 g/mol. The second-order valence-corrected chi connectivity index (χ2v) is 11.0. The molecule has 3 aromatic rings. The maximum Gasteiger partial charge on any atom is 0.418 e. The van der Waals surface area contributed by atoms with Gasteiger partial charge in [-0.3, -0.25) is 4.57 Å². The lowest BCUT2D eigenvalue weighted by molar-refractivity contribution is 0.0536. The van der Waals surface area contributed by atoms with E-state index in [2.05, 4.69) is 53.6 Å². The quantitative estimate of drug-likeness (QED) is 0.228. The number of pyridine rings is 1. The fourth-order valence-corrected chi connectivity index (χ4v) is 5.43. The van der Waals surface area contributed by atoms with Crippen LogP contribution in [0.2, 0.25) is 0 Å². The van der Waals surface area contributed by atoms with Crippen molar-refractivity contribution in [2.24, 2.45) is 0 Å². The Morgan fingerprint density at radius 1 is 0.895 bits per heavy atom. The van der Waals surface area contributed by atoms with E-state index in [9.17, 15) is 4.79 Å². The van der Waals surface area contributed by atoms with E-state index in [1.54, 1.807) is 12.4 Å². The number of hydrogen-bond donors (Lipinski definition) is 0. The molecule has 0 spiro atoms. The summed E-state index contributed by atoms with van der Waals surface area (Å²) in [5.74, 6) is 0. The minimum atomic E-state index is -0.511. The number of aromatic nitrogens is 2. The molecule has 2 heterocycles. The topological polar surface area (TPSA) is 44.1 Å². The van der Waals surface area contributed by atoms with E-state index in [0.717, 1.165) is 22.2 Å². The number of carbonyl (C=O) groups excluding carboxylic acids is 1. The number of para-hydroxylation sites is 1. The molecule has 3 aromatic carbocycles. The minimum absolute atomic E-state index is 0.397. The Hall–Kier alpha value is -4.18. The molecule has 0 N–H and O–H groups in total. The summed E-state index contributed by atoms with van der Waals surface area (Å²) in [4.78, 5) is 16.6. The van der Waals surface area contributed by atoms with E-state index in [1.165, 1.54) is 62.6 Å². The van der Waals surface area contributed by atoms with Crippen molar-refractivity contribution in [2.45, 2.75) is 52.1 Å². The van der Waals surface area contributed by atoms with Crippen molar-refractivity contribution >= 4 is 46.0 Å². The molecule has 4 aliphatic rings. The summed E-state index contributed by atoms with van der Waals surface area (Å²) in [6, 6.07) is 19.0. The zero-order valence-electron chi connectivity index (χ0n) is 22.2. The zero-order chi connectivity index (χ0) is 26.3. The van der Waals surface area contributed by atoms with E-state index < -0.39 is 11.7 Å². The second-order valence-electron chi connectivity index (χ2n) is 11.0. The molecule has 0 amide bonds. The van der Waals surface area contributed by atoms with Crippen molar-refractivity contribution in [3.63, 3.8) is 0 Å². The van der Waals surface area contributed by atoms with Crippen molar-refractivity contribution in [1.82, 2.24) is 9.55 Å². The van der Waals surface area contributed by atoms with E-state index >= 15 is 0 Å². The van der Waals surface area contributed by atoms with Gasteiger partial charge in [0.15, 0.2) is 0 Å². The fourth-order valence-electron chi connectivity index (χ4n) is 5.43. The predicted octanol–water partition coefficient (Wildman–Crippen LogP) is 7.08. The highest BCUT2D eigenvalue weighted by Crippen LogP contribution is 2.30. The van der Waals surface area contributed by atoms with Crippen molar-refractivity contribution in [3.05, 3.63) is 94.6 Å². The molecule has 0 fully saturated rings. The highest BCUT2D eigenvalue weighted by Gasteiger charge is 2.19. The van der Waals surface area contributed by atoms with E-state index in [-0.39, 0.29) is 0 Å². The van der Waals surface area contributed by atoms with Crippen LogP contribution in [0.4, 0.5) is 4.79 Å². The minimum Gasteiger partial charge on any atom is -0.443 e. The van der Waals surface area contributed by atoms with Crippen LogP contribution in [0.3, 0.4) is 0 Å². The summed E-state index contributed by atoms with van der Waals surface area (Å²) in [6.45, 7) is 5.54. The van der Waals surface area contributed by atoms with E-state index in [0.29, 0.717) is 0 Å². The molecule has 4 nitrogen and oxygen atoms in total. The molecule has 4 heteroatoms. The molecule has 190 valence electrons. The standard InChI is InChI=1S/C18H16.C16H16N2O2/c1-3-7-15-13(5-1)9-11-18-16-8-4-2-6-14(16)10-12-17(15)18;1-16(2,3)20-15(19)18-9-8-12-11-6-4-5-7-13(11)17-14(12)10-18/h1,5-6,8-12H,2-4,7H2;4-10H,1-3H3. The van der Waals surface area contributed by atoms with Crippen LogP contribution in [0.15, 0.2) is 73.1 Å². The first-order valence-corrected chi connectivity index (χ1v) is 13.4. The normalized spacial score (nSPS) is 14.2. The summed E-state index contributed by atoms with van der Waals surface area (Å²) >= 11 is 0. The van der Waals surface area contributed by atoms with Crippen molar-refractivity contribution in [3.8, 4) is 11.3 Å². The number of benzene rings is 3. The Labute approximate surface area is 222 Å². The number of fused-ring (bicyclic) bond motifs is 8. The number of nitrogens with zero attached hydrogens (tertiary/aromatic N) is 2. The summed E-state index contributed by atoms with van der Waals surface area (Å²) < 4.78 is 6.77.